The first kappa shape index (κ1) is 27.7. The van der Waals surface area contributed by atoms with Gasteiger partial charge in [-0.25, -0.2) is 4.79 Å². The Labute approximate surface area is 237 Å². The summed E-state index contributed by atoms with van der Waals surface area (Å²) in [6, 6.07) is 21.9. The Balaban J connectivity index is 1.28. The number of aryl methyl sites for hydroxylation is 2. The zero-order chi connectivity index (χ0) is 27.9. The van der Waals surface area contributed by atoms with Crippen LogP contribution in [0.25, 0.3) is 0 Å². The van der Waals surface area contributed by atoms with E-state index in [9.17, 15) is 9.59 Å². The molecule has 210 valence electrons. The summed E-state index contributed by atoms with van der Waals surface area (Å²) in [4.78, 5) is 28.6. The van der Waals surface area contributed by atoms with Crippen molar-refractivity contribution in [2.75, 3.05) is 41.8 Å². The standard InChI is InChI=1S/C33H40N4O3/c1-23-10-12-30(24(2)19-23)36-33(39)35-27-11-13-31(29(21-27)32(38)34-22-28-9-6-18-40-28)37-16-14-26(15-17-37)20-25-7-4-3-5-8-25/h3-5,7-8,10-13,19,21,26,28H,6,9,14-18,20,22H2,1-2H3,(H,34,38)(H2,35,36,39)/t28-/m1/s1. The van der Waals surface area contributed by atoms with E-state index in [1.165, 1.54) is 5.56 Å². The quantitative estimate of drug-likeness (QED) is 0.312. The third-order valence-electron chi connectivity index (χ3n) is 7.97. The number of hydrogen-bond donors (Lipinski definition) is 3. The summed E-state index contributed by atoms with van der Waals surface area (Å²) >= 11 is 0. The van der Waals surface area contributed by atoms with Gasteiger partial charge in [0.2, 0.25) is 0 Å². The van der Waals surface area contributed by atoms with Crippen LogP contribution in [-0.4, -0.2) is 44.3 Å². The van der Waals surface area contributed by atoms with Gasteiger partial charge in [0.05, 0.1) is 11.7 Å². The van der Waals surface area contributed by atoms with Gasteiger partial charge < -0.3 is 25.6 Å². The monoisotopic (exact) mass is 540 g/mol. The minimum absolute atomic E-state index is 0.0611. The highest BCUT2D eigenvalue weighted by molar-refractivity contribution is 6.04. The average Bonchev–Trinajstić information content (AvgIpc) is 3.48. The number of carbonyl (C=O) groups excluding carboxylic acids is 2. The van der Waals surface area contributed by atoms with E-state index in [0.29, 0.717) is 23.7 Å². The first-order valence-corrected chi connectivity index (χ1v) is 14.4. The molecule has 2 saturated heterocycles. The topological polar surface area (TPSA) is 82.7 Å². The Hall–Kier alpha value is -3.84. The van der Waals surface area contributed by atoms with Crippen molar-refractivity contribution < 1.29 is 14.3 Å². The second kappa shape index (κ2) is 13.0. The molecule has 0 bridgehead atoms. The molecule has 3 amide bonds. The molecule has 0 radical (unpaired) electrons. The van der Waals surface area contributed by atoms with E-state index >= 15 is 0 Å². The van der Waals surface area contributed by atoms with Crippen LogP contribution in [0.4, 0.5) is 21.9 Å². The minimum Gasteiger partial charge on any atom is -0.376 e. The van der Waals surface area contributed by atoms with Crippen molar-refractivity contribution in [2.24, 2.45) is 5.92 Å². The SMILES string of the molecule is Cc1ccc(NC(=O)Nc2ccc(N3CCC(Cc4ccccc4)CC3)c(C(=O)NC[C@H]3CCCO3)c2)c(C)c1. The largest absolute Gasteiger partial charge is 0.376 e. The van der Waals surface area contributed by atoms with E-state index in [1.54, 1.807) is 6.07 Å². The maximum atomic E-state index is 13.5. The van der Waals surface area contributed by atoms with Gasteiger partial charge in [0.1, 0.15) is 0 Å². The van der Waals surface area contributed by atoms with Crippen molar-refractivity contribution >= 4 is 29.0 Å². The fraction of sp³-hybridized carbons (Fsp3) is 0.394. The fourth-order valence-electron chi connectivity index (χ4n) is 5.74. The Morgan fingerprint density at radius 1 is 0.925 bits per heavy atom. The molecule has 3 aromatic carbocycles. The van der Waals surface area contributed by atoms with Gasteiger partial charge in [0.15, 0.2) is 0 Å². The number of ether oxygens (including phenoxy) is 1. The lowest BCUT2D eigenvalue weighted by atomic mass is 9.89. The number of rotatable bonds is 8. The van der Waals surface area contributed by atoms with Crippen molar-refractivity contribution in [3.8, 4) is 0 Å². The van der Waals surface area contributed by atoms with Crippen LogP contribution in [0.2, 0.25) is 0 Å². The van der Waals surface area contributed by atoms with Crippen LogP contribution in [-0.2, 0) is 11.2 Å². The molecular weight excluding hydrogens is 500 g/mol. The molecule has 0 aromatic heterocycles. The third kappa shape index (κ3) is 7.21. The van der Waals surface area contributed by atoms with Crippen LogP contribution in [0, 0.1) is 19.8 Å². The Morgan fingerprint density at radius 3 is 2.45 bits per heavy atom. The number of benzene rings is 3. The van der Waals surface area contributed by atoms with Gasteiger partial charge in [-0.05, 0) is 87.3 Å². The highest BCUT2D eigenvalue weighted by Gasteiger charge is 2.25. The maximum absolute atomic E-state index is 13.5. The molecule has 3 N–H and O–H groups in total. The summed E-state index contributed by atoms with van der Waals surface area (Å²) < 4.78 is 5.71. The van der Waals surface area contributed by atoms with Crippen molar-refractivity contribution in [1.82, 2.24) is 5.32 Å². The molecule has 5 rings (SSSR count). The molecular formula is C33H40N4O3. The van der Waals surface area contributed by atoms with Crippen LogP contribution in [0.15, 0.2) is 66.7 Å². The van der Waals surface area contributed by atoms with Gasteiger partial charge in [-0.2, -0.15) is 0 Å². The number of amides is 3. The molecule has 0 unspecified atom stereocenters. The van der Waals surface area contributed by atoms with Crippen molar-refractivity contribution in [2.45, 2.75) is 52.1 Å². The van der Waals surface area contributed by atoms with Gasteiger partial charge in [0, 0.05) is 43.3 Å². The highest BCUT2D eigenvalue weighted by atomic mass is 16.5. The third-order valence-corrected chi connectivity index (χ3v) is 7.97. The lowest BCUT2D eigenvalue weighted by molar-refractivity contribution is 0.0858. The zero-order valence-electron chi connectivity index (χ0n) is 23.5. The minimum atomic E-state index is -0.341. The van der Waals surface area contributed by atoms with Crippen molar-refractivity contribution in [3.63, 3.8) is 0 Å². The number of nitrogens with one attached hydrogen (secondary N) is 3. The van der Waals surface area contributed by atoms with Gasteiger partial charge in [-0.1, -0.05) is 48.0 Å². The van der Waals surface area contributed by atoms with Crippen molar-refractivity contribution in [1.29, 1.82) is 0 Å². The molecule has 0 saturated carbocycles. The van der Waals surface area contributed by atoms with E-state index in [4.69, 9.17) is 4.74 Å². The molecule has 2 heterocycles. The van der Waals surface area contributed by atoms with Crippen LogP contribution in [0.3, 0.4) is 0 Å². The number of urea groups is 1. The average molecular weight is 541 g/mol. The first-order chi connectivity index (χ1) is 19.4. The number of anilines is 3. The van der Waals surface area contributed by atoms with Crippen LogP contribution >= 0.6 is 0 Å². The summed E-state index contributed by atoms with van der Waals surface area (Å²) in [6.07, 6.45) is 5.28. The van der Waals surface area contributed by atoms with Gasteiger partial charge in [0.25, 0.3) is 5.91 Å². The molecule has 2 aliphatic heterocycles. The Bertz CT molecular complexity index is 1310. The molecule has 2 fully saturated rings. The smallest absolute Gasteiger partial charge is 0.323 e. The molecule has 1 atom stereocenters. The molecule has 7 nitrogen and oxygen atoms in total. The van der Waals surface area contributed by atoms with Crippen LogP contribution in [0.5, 0.6) is 0 Å². The normalized spacial score (nSPS) is 17.4. The van der Waals surface area contributed by atoms with Crippen LogP contribution in [0.1, 0.15) is 52.7 Å². The maximum Gasteiger partial charge on any atom is 0.323 e. The Morgan fingerprint density at radius 2 is 1.73 bits per heavy atom. The lowest BCUT2D eigenvalue weighted by Gasteiger charge is -2.35. The van der Waals surface area contributed by atoms with E-state index in [0.717, 1.165) is 74.3 Å². The molecule has 2 aliphatic rings. The van der Waals surface area contributed by atoms with Gasteiger partial charge in [-0.3, -0.25) is 4.79 Å². The lowest BCUT2D eigenvalue weighted by Crippen LogP contribution is -2.37. The van der Waals surface area contributed by atoms with Crippen LogP contribution < -0.4 is 20.9 Å². The van der Waals surface area contributed by atoms with E-state index in [1.807, 2.05) is 44.2 Å². The van der Waals surface area contributed by atoms with E-state index in [-0.39, 0.29) is 18.0 Å². The highest BCUT2D eigenvalue weighted by Crippen LogP contribution is 2.30. The van der Waals surface area contributed by atoms with Crippen molar-refractivity contribution in [3.05, 3.63) is 89.0 Å². The van der Waals surface area contributed by atoms with Gasteiger partial charge >= 0.3 is 6.03 Å². The molecule has 0 aliphatic carbocycles. The predicted octanol–water partition coefficient (Wildman–Crippen LogP) is 6.32. The number of nitrogens with zero attached hydrogens (tertiary/aromatic N) is 1. The summed E-state index contributed by atoms with van der Waals surface area (Å²) in [5.41, 5.74) is 6.33. The summed E-state index contributed by atoms with van der Waals surface area (Å²) in [6.45, 7) is 7.01. The number of carbonyl (C=O) groups is 2. The number of piperidine rings is 1. The molecule has 40 heavy (non-hydrogen) atoms. The molecule has 7 heteroatoms. The summed E-state index contributed by atoms with van der Waals surface area (Å²) in [5.74, 6) is 0.487. The molecule has 0 spiro atoms. The molecule has 3 aromatic rings. The van der Waals surface area contributed by atoms with E-state index in [2.05, 4.69) is 51.2 Å². The number of hydrogen-bond acceptors (Lipinski definition) is 4. The first-order valence-electron chi connectivity index (χ1n) is 14.4. The fourth-order valence-corrected chi connectivity index (χ4v) is 5.74. The van der Waals surface area contributed by atoms with E-state index < -0.39 is 0 Å². The Kier molecular flexibility index (Phi) is 9.01. The van der Waals surface area contributed by atoms with Gasteiger partial charge in [-0.15, -0.1) is 0 Å². The predicted molar refractivity (Wildman–Crippen MR) is 161 cm³/mol. The summed E-state index contributed by atoms with van der Waals surface area (Å²) in [5, 5.41) is 8.91. The zero-order valence-corrected chi connectivity index (χ0v) is 23.5. The summed E-state index contributed by atoms with van der Waals surface area (Å²) in [7, 11) is 0. The second-order valence-electron chi connectivity index (χ2n) is 11.1. The second-order valence-corrected chi connectivity index (χ2v) is 11.1.